The molecule has 196 valence electrons. The summed E-state index contributed by atoms with van der Waals surface area (Å²) >= 11 is 0. The molecule has 1 aliphatic rings. The van der Waals surface area contributed by atoms with E-state index < -0.39 is 23.7 Å². The van der Waals surface area contributed by atoms with Crippen LogP contribution in [0.2, 0.25) is 0 Å². The first-order valence-electron chi connectivity index (χ1n) is 12.4. The standard InChI is InChI=1S/C31H31NO6/c1-6-38-24-12-8-9-20(18-24)27(33)25-26(19-13-15-22(16-14-19)31(2,3)4)32(29(35)28(25)34)23-11-7-10-21(17-23)30(36)37-5/h7-18,26,33H,6H2,1-5H3/b27-25+. The van der Waals surface area contributed by atoms with Crippen LogP contribution in [0.1, 0.15) is 60.8 Å². The van der Waals surface area contributed by atoms with E-state index in [4.69, 9.17) is 9.47 Å². The number of aliphatic hydroxyl groups excluding tert-OH is 1. The average molecular weight is 514 g/mol. The van der Waals surface area contributed by atoms with Crippen LogP contribution in [0.3, 0.4) is 0 Å². The molecule has 1 unspecified atom stereocenters. The van der Waals surface area contributed by atoms with Crippen LogP contribution < -0.4 is 9.64 Å². The Kier molecular flexibility index (Phi) is 7.39. The second-order valence-corrected chi connectivity index (χ2v) is 10.0. The minimum Gasteiger partial charge on any atom is -0.507 e. The van der Waals surface area contributed by atoms with Crippen molar-refractivity contribution in [2.75, 3.05) is 18.6 Å². The van der Waals surface area contributed by atoms with Crippen molar-refractivity contribution in [3.05, 3.63) is 101 Å². The molecule has 0 saturated carbocycles. The fourth-order valence-corrected chi connectivity index (χ4v) is 4.54. The molecule has 1 amide bonds. The van der Waals surface area contributed by atoms with Gasteiger partial charge in [-0.1, -0.05) is 63.2 Å². The smallest absolute Gasteiger partial charge is 0.337 e. The second-order valence-electron chi connectivity index (χ2n) is 10.0. The minimum atomic E-state index is -0.923. The van der Waals surface area contributed by atoms with Crippen LogP contribution in [0.25, 0.3) is 5.76 Å². The van der Waals surface area contributed by atoms with Crippen molar-refractivity contribution in [3.63, 3.8) is 0 Å². The van der Waals surface area contributed by atoms with Gasteiger partial charge in [-0.25, -0.2) is 4.79 Å². The van der Waals surface area contributed by atoms with E-state index in [1.54, 1.807) is 42.5 Å². The number of benzene rings is 3. The molecule has 0 aliphatic carbocycles. The van der Waals surface area contributed by atoms with Crippen molar-refractivity contribution in [3.8, 4) is 5.75 Å². The predicted molar refractivity (Wildman–Crippen MR) is 145 cm³/mol. The predicted octanol–water partition coefficient (Wildman–Crippen LogP) is 5.80. The lowest BCUT2D eigenvalue weighted by Gasteiger charge is -2.27. The normalized spacial score (nSPS) is 17.0. The zero-order chi connectivity index (χ0) is 27.6. The molecule has 0 radical (unpaired) electrons. The molecule has 1 heterocycles. The fourth-order valence-electron chi connectivity index (χ4n) is 4.54. The van der Waals surface area contributed by atoms with Gasteiger partial charge in [-0.05, 0) is 53.8 Å². The van der Waals surface area contributed by atoms with E-state index in [1.807, 2.05) is 31.2 Å². The second kappa shape index (κ2) is 10.5. The number of nitrogens with zero attached hydrogens (tertiary/aromatic N) is 1. The largest absolute Gasteiger partial charge is 0.507 e. The minimum absolute atomic E-state index is 0.0457. The van der Waals surface area contributed by atoms with Crippen LogP contribution in [0.15, 0.2) is 78.4 Å². The summed E-state index contributed by atoms with van der Waals surface area (Å²) in [5.41, 5.74) is 2.50. The van der Waals surface area contributed by atoms with E-state index in [-0.39, 0.29) is 22.3 Å². The van der Waals surface area contributed by atoms with Crippen molar-refractivity contribution >= 4 is 29.1 Å². The highest BCUT2D eigenvalue weighted by Gasteiger charge is 2.47. The Morgan fingerprint density at radius 3 is 2.24 bits per heavy atom. The van der Waals surface area contributed by atoms with E-state index in [0.717, 1.165) is 5.56 Å². The molecular formula is C31H31NO6. The van der Waals surface area contributed by atoms with Crippen molar-refractivity contribution in [2.24, 2.45) is 0 Å². The van der Waals surface area contributed by atoms with Crippen molar-refractivity contribution in [1.29, 1.82) is 0 Å². The number of ether oxygens (including phenoxy) is 2. The molecule has 0 aromatic heterocycles. The average Bonchev–Trinajstić information content (AvgIpc) is 3.18. The first-order chi connectivity index (χ1) is 18.1. The van der Waals surface area contributed by atoms with Gasteiger partial charge >= 0.3 is 5.97 Å². The first-order valence-corrected chi connectivity index (χ1v) is 12.4. The number of carbonyl (C=O) groups is 3. The Labute approximate surface area is 222 Å². The number of hydrogen-bond acceptors (Lipinski definition) is 6. The summed E-state index contributed by atoms with van der Waals surface area (Å²) < 4.78 is 10.4. The van der Waals surface area contributed by atoms with E-state index in [9.17, 15) is 19.5 Å². The Bertz CT molecular complexity index is 1410. The highest BCUT2D eigenvalue weighted by molar-refractivity contribution is 6.51. The summed E-state index contributed by atoms with van der Waals surface area (Å²) in [5, 5.41) is 11.4. The van der Waals surface area contributed by atoms with Crippen molar-refractivity contribution in [1.82, 2.24) is 0 Å². The molecule has 3 aromatic carbocycles. The van der Waals surface area contributed by atoms with Gasteiger partial charge in [0.2, 0.25) is 0 Å². The van der Waals surface area contributed by atoms with Crippen molar-refractivity contribution < 1.29 is 29.0 Å². The first kappa shape index (κ1) is 26.7. The van der Waals surface area contributed by atoms with Crippen LogP contribution in [-0.4, -0.2) is 36.5 Å². The highest BCUT2D eigenvalue weighted by Crippen LogP contribution is 2.43. The van der Waals surface area contributed by atoms with E-state index in [1.165, 1.54) is 18.1 Å². The van der Waals surface area contributed by atoms with Gasteiger partial charge in [-0.3, -0.25) is 14.5 Å². The maximum Gasteiger partial charge on any atom is 0.337 e. The summed E-state index contributed by atoms with van der Waals surface area (Å²) in [6, 6.07) is 19.8. The number of carbonyl (C=O) groups excluding carboxylic acids is 3. The number of anilines is 1. The molecule has 0 spiro atoms. The number of esters is 1. The quantitative estimate of drug-likeness (QED) is 0.194. The Balaban J connectivity index is 1.92. The Morgan fingerprint density at radius 1 is 0.947 bits per heavy atom. The summed E-state index contributed by atoms with van der Waals surface area (Å²) in [5.74, 6) is -1.97. The number of Topliss-reactive ketones (excluding diaryl/α,β-unsaturated/α-hetero) is 1. The number of rotatable bonds is 6. The van der Waals surface area contributed by atoms with Gasteiger partial charge in [-0.15, -0.1) is 0 Å². The van der Waals surface area contributed by atoms with Gasteiger partial charge in [0.25, 0.3) is 11.7 Å². The lowest BCUT2D eigenvalue weighted by Crippen LogP contribution is -2.29. The Morgan fingerprint density at radius 2 is 1.61 bits per heavy atom. The van der Waals surface area contributed by atoms with Crippen LogP contribution >= 0.6 is 0 Å². The number of methoxy groups -OCH3 is 1. The van der Waals surface area contributed by atoms with Gasteiger partial charge in [0, 0.05) is 11.3 Å². The fraction of sp³-hybridized carbons (Fsp3) is 0.258. The van der Waals surface area contributed by atoms with E-state index >= 15 is 0 Å². The molecule has 1 atom stereocenters. The molecule has 0 bridgehead atoms. The topological polar surface area (TPSA) is 93.1 Å². The summed E-state index contributed by atoms with van der Waals surface area (Å²) in [6.07, 6.45) is 0. The number of aliphatic hydroxyl groups is 1. The zero-order valence-electron chi connectivity index (χ0n) is 22.1. The summed E-state index contributed by atoms with van der Waals surface area (Å²) in [7, 11) is 1.27. The van der Waals surface area contributed by atoms with Gasteiger partial charge in [0.05, 0.1) is 30.9 Å². The van der Waals surface area contributed by atoms with E-state index in [2.05, 4.69) is 20.8 Å². The van der Waals surface area contributed by atoms with E-state index in [0.29, 0.717) is 29.2 Å². The molecule has 7 heteroatoms. The maximum atomic E-state index is 13.5. The molecule has 1 fully saturated rings. The van der Waals surface area contributed by atoms with Crippen LogP contribution in [0.4, 0.5) is 5.69 Å². The lowest BCUT2D eigenvalue weighted by molar-refractivity contribution is -0.132. The highest BCUT2D eigenvalue weighted by atomic mass is 16.5. The van der Waals surface area contributed by atoms with Gasteiger partial charge in [0.15, 0.2) is 0 Å². The third kappa shape index (κ3) is 5.05. The van der Waals surface area contributed by atoms with Crippen LogP contribution in [0.5, 0.6) is 5.75 Å². The van der Waals surface area contributed by atoms with Gasteiger partial charge in [0.1, 0.15) is 11.5 Å². The Hall–Kier alpha value is -4.39. The molecule has 38 heavy (non-hydrogen) atoms. The molecule has 7 nitrogen and oxygen atoms in total. The number of ketones is 1. The third-order valence-electron chi connectivity index (χ3n) is 6.50. The van der Waals surface area contributed by atoms with Gasteiger partial charge < -0.3 is 14.6 Å². The van der Waals surface area contributed by atoms with Crippen LogP contribution in [-0.2, 0) is 19.7 Å². The molecule has 1 saturated heterocycles. The summed E-state index contributed by atoms with van der Waals surface area (Å²) in [4.78, 5) is 40.5. The lowest BCUT2D eigenvalue weighted by atomic mass is 9.85. The maximum absolute atomic E-state index is 13.5. The monoisotopic (exact) mass is 513 g/mol. The number of amides is 1. The molecular weight excluding hydrogens is 482 g/mol. The third-order valence-corrected chi connectivity index (χ3v) is 6.50. The van der Waals surface area contributed by atoms with Crippen molar-refractivity contribution in [2.45, 2.75) is 39.2 Å². The van der Waals surface area contributed by atoms with Crippen LogP contribution in [0, 0.1) is 0 Å². The zero-order valence-corrected chi connectivity index (χ0v) is 22.1. The molecule has 1 aliphatic heterocycles. The molecule has 1 N–H and O–H groups in total. The van der Waals surface area contributed by atoms with Gasteiger partial charge in [-0.2, -0.15) is 0 Å². The molecule has 3 aromatic rings. The summed E-state index contributed by atoms with van der Waals surface area (Å²) in [6.45, 7) is 8.57. The number of hydrogen-bond donors (Lipinski definition) is 1. The SMILES string of the molecule is CCOc1cccc(/C(O)=C2\C(=O)C(=O)N(c3cccc(C(=O)OC)c3)C2c2ccc(C(C)(C)C)cc2)c1. The molecule has 4 rings (SSSR count).